The molecule has 2 aromatic rings. The lowest BCUT2D eigenvalue weighted by Crippen LogP contribution is -2.38. The second-order valence-electron chi connectivity index (χ2n) is 5.74. The number of nitrogens with one attached hydrogen (secondary N) is 3. The minimum absolute atomic E-state index is 0.108. The Morgan fingerprint density at radius 1 is 1.08 bits per heavy atom. The third-order valence-electron chi connectivity index (χ3n) is 3.85. The maximum Gasteiger partial charge on any atom is 0.251 e. The number of nitrogens with zero attached hydrogens (tertiary/aromatic N) is 1. The van der Waals surface area contributed by atoms with Gasteiger partial charge in [-0.1, -0.05) is 30.3 Å². The number of aliphatic imine (C=N–C) groups is 1. The summed E-state index contributed by atoms with van der Waals surface area (Å²) in [5.41, 5.74) is 2.31. The van der Waals surface area contributed by atoms with Crippen LogP contribution >= 0.6 is 0 Å². The summed E-state index contributed by atoms with van der Waals surface area (Å²) in [6.07, 6.45) is 0.581. The smallest absolute Gasteiger partial charge is 0.251 e. The van der Waals surface area contributed by atoms with E-state index in [0.29, 0.717) is 36.6 Å². The van der Waals surface area contributed by atoms with Gasteiger partial charge in [0.05, 0.1) is 6.54 Å². The van der Waals surface area contributed by atoms with Crippen LogP contribution in [0, 0.1) is 5.82 Å². The van der Waals surface area contributed by atoms with Crippen molar-refractivity contribution >= 4 is 11.9 Å². The van der Waals surface area contributed by atoms with E-state index in [1.54, 1.807) is 31.3 Å². The molecule has 0 heterocycles. The van der Waals surface area contributed by atoms with Crippen LogP contribution in [0.5, 0.6) is 0 Å². The highest BCUT2D eigenvalue weighted by Gasteiger charge is 2.04. The molecule has 0 atom stereocenters. The van der Waals surface area contributed by atoms with E-state index in [-0.39, 0.29) is 11.7 Å². The van der Waals surface area contributed by atoms with Crippen molar-refractivity contribution in [3.8, 4) is 0 Å². The van der Waals surface area contributed by atoms with Crippen molar-refractivity contribution in [1.82, 2.24) is 16.0 Å². The molecule has 0 bridgehead atoms. The van der Waals surface area contributed by atoms with E-state index in [1.807, 2.05) is 25.1 Å². The van der Waals surface area contributed by atoms with Crippen LogP contribution < -0.4 is 16.0 Å². The SMILES string of the molecule is CCNC(=NCc1ccc(C(=O)NC)cc1)NCCc1ccccc1F. The average Bonchev–Trinajstić information content (AvgIpc) is 2.67. The van der Waals surface area contributed by atoms with Gasteiger partial charge in [0.15, 0.2) is 5.96 Å². The summed E-state index contributed by atoms with van der Waals surface area (Å²) in [5.74, 6) is 0.384. The van der Waals surface area contributed by atoms with Crippen LogP contribution in [0.25, 0.3) is 0 Å². The summed E-state index contributed by atoms with van der Waals surface area (Å²) in [7, 11) is 1.61. The van der Waals surface area contributed by atoms with Gasteiger partial charge in [0.25, 0.3) is 5.91 Å². The number of hydrogen-bond donors (Lipinski definition) is 3. The lowest BCUT2D eigenvalue weighted by molar-refractivity contribution is 0.0963. The van der Waals surface area contributed by atoms with E-state index in [1.165, 1.54) is 6.07 Å². The van der Waals surface area contributed by atoms with Crippen molar-refractivity contribution in [2.75, 3.05) is 20.1 Å². The second kappa shape index (κ2) is 10.2. The molecule has 0 aliphatic heterocycles. The molecule has 0 spiro atoms. The van der Waals surface area contributed by atoms with Crippen LogP contribution in [-0.2, 0) is 13.0 Å². The molecular weight excluding hydrogens is 331 g/mol. The van der Waals surface area contributed by atoms with Crippen LogP contribution in [0.2, 0.25) is 0 Å². The summed E-state index contributed by atoms with van der Waals surface area (Å²) in [4.78, 5) is 16.1. The van der Waals surface area contributed by atoms with Crippen molar-refractivity contribution in [3.05, 3.63) is 71.0 Å². The predicted molar refractivity (Wildman–Crippen MR) is 103 cm³/mol. The molecule has 6 heteroatoms. The van der Waals surface area contributed by atoms with E-state index in [2.05, 4.69) is 20.9 Å². The van der Waals surface area contributed by atoms with E-state index in [4.69, 9.17) is 0 Å². The zero-order chi connectivity index (χ0) is 18.8. The van der Waals surface area contributed by atoms with Crippen molar-refractivity contribution < 1.29 is 9.18 Å². The number of benzene rings is 2. The number of rotatable bonds is 7. The first-order valence-electron chi connectivity index (χ1n) is 8.70. The standard InChI is InChI=1S/C20H25FN4O/c1-3-23-20(24-13-12-16-6-4-5-7-18(16)21)25-14-15-8-10-17(11-9-15)19(26)22-2/h4-11H,3,12-14H2,1-2H3,(H,22,26)(H2,23,24,25). The summed E-state index contributed by atoms with van der Waals surface area (Å²) < 4.78 is 13.6. The van der Waals surface area contributed by atoms with Crippen LogP contribution in [0.3, 0.4) is 0 Å². The van der Waals surface area contributed by atoms with Gasteiger partial charge in [-0.2, -0.15) is 0 Å². The monoisotopic (exact) mass is 356 g/mol. The second-order valence-corrected chi connectivity index (χ2v) is 5.74. The maximum atomic E-state index is 13.6. The predicted octanol–water partition coefficient (Wildman–Crippen LogP) is 2.48. The zero-order valence-electron chi connectivity index (χ0n) is 15.2. The summed E-state index contributed by atoms with van der Waals surface area (Å²) in [6.45, 7) is 3.80. The molecule has 0 unspecified atom stereocenters. The molecule has 0 fully saturated rings. The third-order valence-corrected chi connectivity index (χ3v) is 3.85. The van der Waals surface area contributed by atoms with E-state index < -0.39 is 0 Å². The van der Waals surface area contributed by atoms with E-state index >= 15 is 0 Å². The first-order valence-corrected chi connectivity index (χ1v) is 8.70. The summed E-state index contributed by atoms with van der Waals surface area (Å²) in [6, 6.07) is 14.1. The molecule has 2 aromatic carbocycles. The minimum atomic E-state index is -0.188. The quantitative estimate of drug-likeness (QED) is 0.527. The van der Waals surface area contributed by atoms with Crippen LogP contribution in [0.4, 0.5) is 4.39 Å². The topological polar surface area (TPSA) is 65.5 Å². The number of carbonyl (C=O) groups excluding carboxylic acids is 1. The number of carbonyl (C=O) groups is 1. The van der Waals surface area contributed by atoms with Crippen LogP contribution in [0.1, 0.15) is 28.4 Å². The molecule has 0 aliphatic rings. The Kier molecular flexibility index (Phi) is 7.61. The minimum Gasteiger partial charge on any atom is -0.357 e. The summed E-state index contributed by atoms with van der Waals surface area (Å²) >= 11 is 0. The van der Waals surface area contributed by atoms with Gasteiger partial charge in [-0.05, 0) is 42.7 Å². The molecule has 2 rings (SSSR count). The molecule has 26 heavy (non-hydrogen) atoms. The Balaban J connectivity index is 1.91. The maximum absolute atomic E-state index is 13.6. The molecule has 5 nitrogen and oxygen atoms in total. The number of halogens is 1. The summed E-state index contributed by atoms with van der Waals surface area (Å²) in [5, 5.41) is 8.98. The largest absolute Gasteiger partial charge is 0.357 e. The first-order chi connectivity index (χ1) is 12.6. The highest BCUT2D eigenvalue weighted by atomic mass is 19.1. The normalized spacial score (nSPS) is 11.1. The van der Waals surface area contributed by atoms with Gasteiger partial charge in [0.1, 0.15) is 5.82 Å². The van der Waals surface area contributed by atoms with Gasteiger partial charge in [-0.3, -0.25) is 4.79 Å². The Labute approximate surface area is 153 Å². The molecule has 0 radical (unpaired) electrons. The first kappa shape index (κ1) is 19.4. The number of amides is 1. The Morgan fingerprint density at radius 3 is 2.46 bits per heavy atom. The van der Waals surface area contributed by atoms with Crippen molar-refractivity contribution in [2.24, 2.45) is 4.99 Å². The van der Waals surface area contributed by atoms with E-state index in [9.17, 15) is 9.18 Å². The Morgan fingerprint density at radius 2 is 1.81 bits per heavy atom. The number of guanidine groups is 1. The number of hydrogen-bond acceptors (Lipinski definition) is 2. The van der Waals surface area contributed by atoms with Crippen molar-refractivity contribution in [1.29, 1.82) is 0 Å². The molecule has 0 aromatic heterocycles. The molecule has 138 valence electrons. The highest BCUT2D eigenvalue weighted by molar-refractivity contribution is 5.93. The van der Waals surface area contributed by atoms with Gasteiger partial charge in [0.2, 0.25) is 0 Å². The lowest BCUT2D eigenvalue weighted by Gasteiger charge is -2.11. The van der Waals surface area contributed by atoms with Gasteiger partial charge in [-0.25, -0.2) is 9.38 Å². The van der Waals surface area contributed by atoms with Gasteiger partial charge in [0, 0.05) is 25.7 Å². The Hall–Kier alpha value is -2.89. The van der Waals surface area contributed by atoms with Gasteiger partial charge in [-0.15, -0.1) is 0 Å². The average molecular weight is 356 g/mol. The fourth-order valence-corrected chi connectivity index (χ4v) is 2.43. The molecular formula is C20H25FN4O. The molecule has 0 aliphatic carbocycles. The molecule has 1 amide bonds. The Bertz CT molecular complexity index is 744. The molecule has 0 saturated carbocycles. The molecule has 3 N–H and O–H groups in total. The van der Waals surface area contributed by atoms with Crippen molar-refractivity contribution in [3.63, 3.8) is 0 Å². The fraction of sp³-hybridized carbons (Fsp3) is 0.300. The lowest BCUT2D eigenvalue weighted by atomic mass is 10.1. The fourth-order valence-electron chi connectivity index (χ4n) is 2.43. The van der Waals surface area contributed by atoms with Crippen LogP contribution in [-0.4, -0.2) is 32.0 Å². The van der Waals surface area contributed by atoms with Crippen LogP contribution in [0.15, 0.2) is 53.5 Å². The van der Waals surface area contributed by atoms with Gasteiger partial charge < -0.3 is 16.0 Å². The van der Waals surface area contributed by atoms with E-state index in [0.717, 1.165) is 12.1 Å². The van der Waals surface area contributed by atoms with Crippen molar-refractivity contribution in [2.45, 2.75) is 19.9 Å². The molecule has 0 saturated heterocycles. The highest BCUT2D eigenvalue weighted by Crippen LogP contribution is 2.07. The third kappa shape index (κ3) is 5.88. The van der Waals surface area contributed by atoms with Gasteiger partial charge >= 0.3 is 0 Å². The zero-order valence-corrected chi connectivity index (χ0v) is 15.2.